The zero-order valence-corrected chi connectivity index (χ0v) is 11.3. The summed E-state index contributed by atoms with van der Waals surface area (Å²) in [4.78, 5) is 0. The van der Waals surface area contributed by atoms with Crippen LogP contribution in [0.1, 0.15) is 25.8 Å². The lowest BCUT2D eigenvalue weighted by Crippen LogP contribution is -2.21. The van der Waals surface area contributed by atoms with Crippen LogP contribution in [-0.2, 0) is 6.54 Å². The molecule has 0 heterocycles. The number of benzene rings is 1. The molecule has 0 saturated carbocycles. The van der Waals surface area contributed by atoms with Gasteiger partial charge in [0.25, 0.3) is 0 Å². The van der Waals surface area contributed by atoms with Crippen molar-refractivity contribution in [2.45, 2.75) is 32.9 Å². The molecule has 1 rings (SSSR count). The first kappa shape index (κ1) is 14.1. The average Bonchev–Trinajstić information content (AvgIpc) is 2.29. The molecule has 0 aromatic heterocycles. The highest BCUT2D eigenvalue weighted by Gasteiger charge is 2.03. The van der Waals surface area contributed by atoms with Gasteiger partial charge in [-0.15, -0.1) is 6.58 Å². The maximum atomic E-state index is 6.15. The summed E-state index contributed by atoms with van der Waals surface area (Å²) in [6.07, 6.45) is 2.65. The molecule has 0 radical (unpaired) electrons. The molecule has 1 aromatic carbocycles. The van der Waals surface area contributed by atoms with E-state index in [4.69, 9.17) is 16.3 Å². The van der Waals surface area contributed by atoms with Crippen LogP contribution in [0.2, 0.25) is 5.02 Å². The Morgan fingerprint density at radius 2 is 2.24 bits per heavy atom. The monoisotopic (exact) mass is 253 g/mol. The minimum atomic E-state index is 0.470. The minimum Gasteiger partial charge on any atom is -0.492 e. The molecule has 0 fully saturated rings. The summed E-state index contributed by atoms with van der Waals surface area (Å²) in [6.45, 7) is 9.33. The molecule has 0 atom stereocenters. The summed E-state index contributed by atoms with van der Waals surface area (Å²) in [6, 6.07) is 6.37. The summed E-state index contributed by atoms with van der Waals surface area (Å²) < 4.78 is 5.53. The molecular formula is C14H20ClNO. The molecule has 0 amide bonds. The van der Waals surface area contributed by atoms with Gasteiger partial charge < -0.3 is 10.1 Å². The van der Waals surface area contributed by atoms with E-state index < -0.39 is 0 Å². The third kappa shape index (κ3) is 5.24. The average molecular weight is 254 g/mol. The summed E-state index contributed by atoms with van der Waals surface area (Å²) in [5, 5.41) is 4.01. The van der Waals surface area contributed by atoms with Gasteiger partial charge in [0.15, 0.2) is 0 Å². The van der Waals surface area contributed by atoms with Gasteiger partial charge in [-0.2, -0.15) is 0 Å². The lowest BCUT2D eigenvalue weighted by atomic mass is 10.2. The van der Waals surface area contributed by atoms with Crippen molar-refractivity contribution in [2.75, 3.05) is 6.61 Å². The number of halogens is 1. The molecular weight excluding hydrogens is 234 g/mol. The summed E-state index contributed by atoms with van der Waals surface area (Å²) in [5.74, 6) is 0.738. The van der Waals surface area contributed by atoms with Gasteiger partial charge in [-0.1, -0.05) is 37.6 Å². The zero-order chi connectivity index (χ0) is 12.7. The Balaban J connectivity index is 2.56. The predicted octanol–water partition coefficient (Wildman–Crippen LogP) is 3.79. The summed E-state index contributed by atoms with van der Waals surface area (Å²) >= 11 is 6.15. The lowest BCUT2D eigenvalue weighted by molar-refractivity contribution is 0.325. The largest absolute Gasteiger partial charge is 0.492 e. The Morgan fingerprint density at radius 1 is 1.47 bits per heavy atom. The van der Waals surface area contributed by atoms with Crippen LogP contribution < -0.4 is 10.1 Å². The van der Waals surface area contributed by atoms with Crippen LogP contribution in [0.15, 0.2) is 30.9 Å². The van der Waals surface area contributed by atoms with E-state index in [1.165, 1.54) is 5.56 Å². The Kier molecular flexibility index (Phi) is 6.09. The molecule has 17 heavy (non-hydrogen) atoms. The van der Waals surface area contributed by atoms with Gasteiger partial charge in [0.05, 0.1) is 11.6 Å². The Bertz CT molecular complexity index is 363. The highest BCUT2D eigenvalue weighted by Crippen LogP contribution is 2.25. The van der Waals surface area contributed by atoms with Crippen molar-refractivity contribution in [1.29, 1.82) is 0 Å². The van der Waals surface area contributed by atoms with Crippen molar-refractivity contribution in [3.8, 4) is 5.75 Å². The molecule has 0 unspecified atom stereocenters. The molecule has 0 aliphatic heterocycles. The third-order valence-electron chi connectivity index (χ3n) is 2.29. The van der Waals surface area contributed by atoms with Crippen LogP contribution in [0.4, 0.5) is 0 Å². The second-order valence-corrected chi connectivity index (χ2v) is 4.63. The second-order valence-electron chi connectivity index (χ2n) is 4.23. The fraction of sp³-hybridized carbons (Fsp3) is 0.429. The lowest BCUT2D eigenvalue weighted by Gasteiger charge is -2.11. The minimum absolute atomic E-state index is 0.470. The Morgan fingerprint density at radius 3 is 2.82 bits per heavy atom. The first-order valence-corrected chi connectivity index (χ1v) is 6.26. The Hall–Kier alpha value is -0.990. The van der Waals surface area contributed by atoms with Gasteiger partial charge >= 0.3 is 0 Å². The van der Waals surface area contributed by atoms with Crippen LogP contribution in [-0.4, -0.2) is 12.6 Å². The molecule has 3 heteroatoms. The Labute approximate surface area is 109 Å². The number of rotatable bonds is 7. The molecule has 0 spiro atoms. The fourth-order valence-electron chi connectivity index (χ4n) is 1.35. The van der Waals surface area contributed by atoms with E-state index >= 15 is 0 Å². The predicted molar refractivity (Wildman–Crippen MR) is 73.7 cm³/mol. The molecule has 2 nitrogen and oxygen atoms in total. The molecule has 0 aliphatic carbocycles. The van der Waals surface area contributed by atoms with Crippen molar-refractivity contribution >= 4 is 11.6 Å². The number of hydrogen-bond donors (Lipinski definition) is 1. The van der Waals surface area contributed by atoms with Crippen LogP contribution in [0.5, 0.6) is 5.75 Å². The number of hydrogen-bond acceptors (Lipinski definition) is 2. The van der Waals surface area contributed by atoms with Crippen LogP contribution >= 0.6 is 11.6 Å². The van der Waals surface area contributed by atoms with Crippen molar-refractivity contribution < 1.29 is 4.74 Å². The standard InChI is InChI=1S/C14H20ClNO/c1-4-5-8-17-14-7-6-12(9-13(14)15)10-16-11(2)3/h4,6-7,9,11,16H,1,5,8,10H2,2-3H3. The van der Waals surface area contributed by atoms with Gasteiger partial charge in [0, 0.05) is 12.6 Å². The van der Waals surface area contributed by atoms with E-state index in [0.717, 1.165) is 18.7 Å². The molecule has 0 aliphatic rings. The SMILES string of the molecule is C=CCCOc1ccc(CNC(C)C)cc1Cl. The maximum absolute atomic E-state index is 6.15. The van der Waals surface area contributed by atoms with Gasteiger partial charge in [-0.25, -0.2) is 0 Å². The smallest absolute Gasteiger partial charge is 0.137 e. The van der Waals surface area contributed by atoms with Crippen LogP contribution in [0.3, 0.4) is 0 Å². The quantitative estimate of drug-likeness (QED) is 0.590. The van der Waals surface area contributed by atoms with E-state index in [9.17, 15) is 0 Å². The topological polar surface area (TPSA) is 21.3 Å². The fourth-order valence-corrected chi connectivity index (χ4v) is 1.60. The number of ether oxygens (including phenoxy) is 1. The van der Waals surface area contributed by atoms with Crippen molar-refractivity contribution in [2.24, 2.45) is 0 Å². The van der Waals surface area contributed by atoms with Gasteiger partial charge in [0.2, 0.25) is 0 Å². The number of nitrogens with one attached hydrogen (secondary N) is 1. The van der Waals surface area contributed by atoms with Crippen molar-refractivity contribution in [3.05, 3.63) is 41.4 Å². The normalized spacial score (nSPS) is 10.6. The first-order chi connectivity index (χ1) is 8.13. The molecule has 1 aromatic rings. The molecule has 0 saturated heterocycles. The van der Waals surface area contributed by atoms with E-state index in [1.54, 1.807) is 0 Å². The van der Waals surface area contributed by atoms with Crippen molar-refractivity contribution in [1.82, 2.24) is 5.32 Å². The summed E-state index contributed by atoms with van der Waals surface area (Å²) in [7, 11) is 0. The van der Waals surface area contributed by atoms with E-state index in [-0.39, 0.29) is 0 Å². The van der Waals surface area contributed by atoms with Gasteiger partial charge in [0.1, 0.15) is 5.75 Å². The first-order valence-electron chi connectivity index (χ1n) is 5.89. The molecule has 1 N–H and O–H groups in total. The maximum Gasteiger partial charge on any atom is 0.137 e. The highest BCUT2D eigenvalue weighted by molar-refractivity contribution is 6.32. The summed E-state index contributed by atoms with van der Waals surface area (Å²) in [5.41, 5.74) is 1.17. The van der Waals surface area contributed by atoms with Gasteiger partial charge in [-0.3, -0.25) is 0 Å². The zero-order valence-electron chi connectivity index (χ0n) is 10.5. The van der Waals surface area contributed by atoms with E-state index in [0.29, 0.717) is 17.7 Å². The molecule has 94 valence electrons. The highest BCUT2D eigenvalue weighted by atomic mass is 35.5. The van der Waals surface area contributed by atoms with Crippen LogP contribution in [0, 0.1) is 0 Å². The second kappa shape index (κ2) is 7.36. The van der Waals surface area contributed by atoms with Gasteiger partial charge in [-0.05, 0) is 24.1 Å². The third-order valence-corrected chi connectivity index (χ3v) is 2.59. The molecule has 0 bridgehead atoms. The van der Waals surface area contributed by atoms with Crippen molar-refractivity contribution in [3.63, 3.8) is 0 Å². The van der Waals surface area contributed by atoms with E-state index in [2.05, 4.69) is 25.7 Å². The van der Waals surface area contributed by atoms with Crippen LogP contribution in [0.25, 0.3) is 0 Å². The van der Waals surface area contributed by atoms with E-state index in [1.807, 2.05) is 24.3 Å².